The van der Waals surface area contributed by atoms with Crippen molar-refractivity contribution in [2.75, 3.05) is 27.7 Å². The smallest absolute Gasteiger partial charge is 0.306 e. The number of nitrogens with zero attached hydrogens (tertiary/aromatic N) is 1. The number of esters is 1. The van der Waals surface area contributed by atoms with E-state index in [1.54, 1.807) is 0 Å². The fourth-order valence-electron chi connectivity index (χ4n) is 2.98. The van der Waals surface area contributed by atoms with Crippen LogP contribution < -0.4 is 5.11 Å². The number of quaternary nitrogens is 1. The monoisotopic (exact) mass is 425 g/mol. The number of carbonyl (C=O) groups excluding carboxylic acids is 2. The molecule has 30 heavy (non-hydrogen) atoms. The van der Waals surface area contributed by atoms with Crippen LogP contribution in [0.2, 0.25) is 0 Å². The van der Waals surface area contributed by atoms with Crippen molar-refractivity contribution in [3.63, 3.8) is 0 Å². The fourth-order valence-corrected chi connectivity index (χ4v) is 2.98. The molecule has 0 saturated heterocycles. The molecule has 0 radical (unpaired) electrons. The molecular weight excluding hydrogens is 386 g/mol. The first-order valence-corrected chi connectivity index (χ1v) is 10.8. The van der Waals surface area contributed by atoms with Crippen molar-refractivity contribution in [3.05, 3.63) is 24.3 Å². The lowest BCUT2D eigenvalue weighted by atomic mass is 10.1. The molecule has 1 unspecified atom stereocenters. The predicted molar refractivity (Wildman–Crippen MR) is 114 cm³/mol. The van der Waals surface area contributed by atoms with Gasteiger partial charge < -0.3 is 24.2 Å². The Hall–Kier alpha value is -2.15. The fraction of sp³-hybridized carbons (Fsp3) is 0.696. The Morgan fingerprint density at radius 2 is 1.47 bits per heavy atom. The van der Waals surface area contributed by atoms with E-state index in [4.69, 9.17) is 9.84 Å². The quantitative estimate of drug-likeness (QED) is 0.157. The van der Waals surface area contributed by atoms with E-state index < -0.39 is 24.0 Å². The van der Waals surface area contributed by atoms with Gasteiger partial charge in [-0.3, -0.25) is 9.59 Å². The molecule has 0 aliphatic rings. The lowest BCUT2D eigenvalue weighted by Crippen LogP contribution is -2.45. The molecule has 1 N–H and O–H groups in total. The summed E-state index contributed by atoms with van der Waals surface area (Å²) in [6, 6.07) is 0. The SMILES string of the molecule is C[N+](C)(C)CC(CC(=O)[O-])OC(=O)CC/C=C/C=C/CCCCCCCCC(=O)O. The highest BCUT2D eigenvalue weighted by molar-refractivity contribution is 5.71. The van der Waals surface area contributed by atoms with E-state index in [0.29, 0.717) is 17.4 Å². The van der Waals surface area contributed by atoms with Gasteiger partial charge >= 0.3 is 11.9 Å². The molecule has 0 aromatic rings. The number of likely N-dealkylation sites (N-methyl/N-ethyl adjacent to an activating group) is 1. The zero-order valence-corrected chi connectivity index (χ0v) is 18.8. The lowest BCUT2D eigenvalue weighted by Gasteiger charge is -2.29. The Kier molecular flexibility index (Phi) is 15.4. The van der Waals surface area contributed by atoms with E-state index >= 15 is 0 Å². The van der Waals surface area contributed by atoms with Gasteiger partial charge in [-0.25, -0.2) is 0 Å². The van der Waals surface area contributed by atoms with E-state index in [9.17, 15) is 19.5 Å². The normalized spacial score (nSPS) is 13.0. The summed E-state index contributed by atoms with van der Waals surface area (Å²) in [5, 5.41) is 19.4. The number of unbranched alkanes of at least 4 members (excludes halogenated alkanes) is 6. The molecule has 0 rings (SSSR count). The predicted octanol–water partition coefficient (Wildman–Crippen LogP) is 2.84. The second-order valence-electron chi connectivity index (χ2n) is 8.61. The molecule has 0 spiro atoms. The first kappa shape index (κ1) is 27.8. The topological polar surface area (TPSA) is 104 Å². The molecule has 0 heterocycles. The molecule has 0 bridgehead atoms. The molecule has 7 nitrogen and oxygen atoms in total. The molecule has 7 heteroatoms. The molecule has 0 aliphatic heterocycles. The maximum Gasteiger partial charge on any atom is 0.306 e. The van der Waals surface area contributed by atoms with Crippen molar-refractivity contribution < 1.29 is 33.8 Å². The van der Waals surface area contributed by atoms with Crippen LogP contribution in [0.3, 0.4) is 0 Å². The number of hydrogen-bond acceptors (Lipinski definition) is 5. The van der Waals surface area contributed by atoms with E-state index in [0.717, 1.165) is 44.9 Å². The van der Waals surface area contributed by atoms with Crippen LogP contribution in [0.4, 0.5) is 0 Å². The van der Waals surface area contributed by atoms with Gasteiger partial charge in [0.05, 0.1) is 21.1 Å². The van der Waals surface area contributed by atoms with Crippen molar-refractivity contribution in [2.24, 2.45) is 0 Å². The van der Waals surface area contributed by atoms with Gasteiger partial charge in [0.2, 0.25) is 0 Å². The molecule has 172 valence electrons. The second kappa shape index (κ2) is 16.6. The van der Waals surface area contributed by atoms with Gasteiger partial charge in [-0.05, 0) is 25.7 Å². The largest absolute Gasteiger partial charge is 0.550 e. The minimum Gasteiger partial charge on any atom is -0.550 e. The first-order chi connectivity index (χ1) is 14.1. The molecule has 0 aliphatic carbocycles. The summed E-state index contributed by atoms with van der Waals surface area (Å²) in [4.78, 5) is 33.2. The molecule has 0 aromatic carbocycles. The molecular formula is C23H39NO6. The van der Waals surface area contributed by atoms with Crippen LogP contribution in [-0.4, -0.2) is 61.3 Å². The first-order valence-electron chi connectivity index (χ1n) is 10.8. The van der Waals surface area contributed by atoms with Gasteiger partial charge in [0.15, 0.2) is 6.10 Å². The van der Waals surface area contributed by atoms with Crippen molar-refractivity contribution in [1.29, 1.82) is 0 Å². The number of rotatable bonds is 18. The number of ether oxygens (including phenoxy) is 1. The maximum absolute atomic E-state index is 11.9. The van der Waals surface area contributed by atoms with Crippen molar-refractivity contribution in [3.8, 4) is 0 Å². The summed E-state index contributed by atoms with van der Waals surface area (Å²) in [5.74, 6) is -2.33. The Bertz CT molecular complexity index is 563. The van der Waals surface area contributed by atoms with Crippen LogP contribution in [0.5, 0.6) is 0 Å². The number of carboxylic acid groups (broad SMARTS) is 2. The lowest BCUT2D eigenvalue weighted by molar-refractivity contribution is -0.873. The Labute approximate surface area is 181 Å². The third kappa shape index (κ3) is 20.6. The molecule has 0 fully saturated rings. The summed E-state index contributed by atoms with van der Waals surface area (Å²) < 4.78 is 5.80. The van der Waals surface area contributed by atoms with E-state index in [1.807, 2.05) is 39.4 Å². The minimum absolute atomic E-state index is 0.215. The van der Waals surface area contributed by atoms with E-state index in [2.05, 4.69) is 6.08 Å². The number of hydrogen-bond donors (Lipinski definition) is 1. The van der Waals surface area contributed by atoms with Crippen molar-refractivity contribution in [1.82, 2.24) is 0 Å². The van der Waals surface area contributed by atoms with Gasteiger partial charge in [0, 0.05) is 25.2 Å². The second-order valence-corrected chi connectivity index (χ2v) is 8.61. The molecule has 0 saturated carbocycles. The standard InChI is InChI=1S/C23H39NO6/c1-24(2,3)19-20(18-22(27)28)30-23(29)17-15-13-11-9-7-5-4-6-8-10-12-14-16-21(25)26/h7,9,11,13,20H,4-6,8,10,12,14-19H2,1-3H3,(H-,25,26,27,28)/b9-7+,13-11+. The van der Waals surface area contributed by atoms with Gasteiger partial charge in [-0.1, -0.05) is 50.0 Å². The zero-order chi connectivity index (χ0) is 22.8. The van der Waals surface area contributed by atoms with Crippen LogP contribution in [0.15, 0.2) is 24.3 Å². The third-order valence-electron chi connectivity index (χ3n) is 4.35. The summed E-state index contributed by atoms with van der Waals surface area (Å²) in [6.07, 6.45) is 15.2. The summed E-state index contributed by atoms with van der Waals surface area (Å²) in [7, 11) is 5.73. The summed E-state index contributed by atoms with van der Waals surface area (Å²) in [6.45, 7) is 0.417. The highest BCUT2D eigenvalue weighted by Crippen LogP contribution is 2.09. The van der Waals surface area contributed by atoms with Gasteiger partial charge in [-0.15, -0.1) is 0 Å². The van der Waals surface area contributed by atoms with Crippen LogP contribution in [0.25, 0.3) is 0 Å². The Balaban J connectivity index is 3.83. The summed E-state index contributed by atoms with van der Waals surface area (Å²) in [5.41, 5.74) is 0. The maximum atomic E-state index is 11.9. The number of allylic oxidation sites excluding steroid dienone is 4. The average Bonchev–Trinajstić information content (AvgIpc) is 2.59. The van der Waals surface area contributed by atoms with Crippen LogP contribution >= 0.6 is 0 Å². The average molecular weight is 426 g/mol. The van der Waals surface area contributed by atoms with Crippen LogP contribution in [0.1, 0.15) is 70.6 Å². The number of carbonyl (C=O) groups is 3. The minimum atomic E-state index is -1.22. The van der Waals surface area contributed by atoms with Crippen molar-refractivity contribution >= 4 is 17.9 Å². The van der Waals surface area contributed by atoms with E-state index in [1.165, 1.54) is 0 Å². The van der Waals surface area contributed by atoms with Gasteiger partial charge in [0.25, 0.3) is 0 Å². The molecule has 0 aromatic heterocycles. The highest BCUT2D eigenvalue weighted by atomic mass is 16.5. The van der Waals surface area contributed by atoms with Gasteiger partial charge in [0.1, 0.15) is 6.54 Å². The van der Waals surface area contributed by atoms with Crippen molar-refractivity contribution in [2.45, 2.75) is 76.7 Å². The number of carboxylic acids is 2. The molecule has 0 amide bonds. The van der Waals surface area contributed by atoms with Crippen LogP contribution in [-0.2, 0) is 19.1 Å². The van der Waals surface area contributed by atoms with Gasteiger partial charge in [-0.2, -0.15) is 0 Å². The molecule has 1 atom stereocenters. The Morgan fingerprint density at radius 3 is 2.03 bits per heavy atom. The van der Waals surface area contributed by atoms with E-state index in [-0.39, 0.29) is 19.3 Å². The van der Waals surface area contributed by atoms with Crippen LogP contribution in [0, 0.1) is 0 Å². The highest BCUT2D eigenvalue weighted by Gasteiger charge is 2.22. The summed E-state index contributed by atoms with van der Waals surface area (Å²) >= 11 is 0. The zero-order valence-electron chi connectivity index (χ0n) is 18.8. The third-order valence-corrected chi connectivity index (χ3v) is 4.35. The Morgan fingerprint density at radius 1 is 0.900 bits per heavy atom. The number of aliphatic carboxylic acids is 2.